The zero-order valence-electron chi connectivity index (χ0n) is 8.97. The van der Waals surface area contributed by atoms with Gasteiger partial charge in [-0.2, -0.15) is 0 Å². The molecule has 4 nitrogen and oxygen atoms in total. The molecule has 5 heteroatoms. The second kappa shape index (κ2) is 6.42. The van der Waals surface area contributed by atoms with E-state index in [1.807, 2.05) is 29.2 Å². The Hall–Kier alpha value is -1.17. The molecule has 0 aliphatic carbocycles. The topological polar surface area (TPSA) is 69.7 Å². The van der Waals surface area contributed by atoms with Crippen LogP contribution in [-0.2, 0) is 0 Å². The van der Waals surface area contributed by atoms with Gasteiger partial charge in [0.15, 0.2) is 0 Å². The standard InChI is InChI=1S/C11H16N2O2S/c12-11(16)9-3-1-2-4-10(9)13(5-7-14)6-8-15/h1-4,14-15H,5-8H2,(H2,12,16). The summed E-state index contributed by atoms with van der Waals surface area (Å²) < 4.78 is 0. The number of nitrogens with zero attached hydrogens (tertiary/aromatic N) is 1. The maximum atomic E-state index is 8.97. The maximum Gasteiger partial charge on any atom is 0.106 e. The third kappa shape index (κ3) is 3.16. The lowest BCUT2D eigenvalue weighted by Crippen LogP contribution is -2.31. The number of rotatable bonds is 6. The molecule has 0 spiro atoms. The van der Waals surface area contributed by atoms with Crippen molar-refractivity contribution >= 4 is 22.9 Å². The van der Waals surface area contributed by atoms with Crippen LogP contribution in [0, 0.1) is 0 Å². The first-order chi connectivity index (χ1) is 7.70. The van der Waals surface area contributed by atoms with Crippen LogP contribution in [0.4, 0.5) is 5.69 Å². The third-order valence-electron chi connectivity index (χ3n) is 2.25. The molecule has 0 saturated heterocycles. The number of para-hydroxylation sites is 1. The van der Waals surface area contributed by atoms with Crippen LogP contribution in [0.15, 0.2) is 24.3 Å². The van der Waals surface area contributed by atoms with E-state index in [0.29, 0.717) is 18.1 Å². The van der Waals surface area contributed by atoms with E-state index in [-0.39, 0.29) is 13.2 Å². The molecule has 1 aromatic carbocycles. The molecule has 16 heavy (non-hydrogen) atoms. The summed E-state index contributed by atoms with van der Waals surface area (Å²) in [6, 6.07) is 7.44. The Morgan fingerprint density at radius 3 is 2.25 bits per heavy atom. The van der Waals surface area contributed by atoms with Crippen LogP contribution in [0.2, 0.25) is 0 Å². The molecule has 1 rings (SSSR count). The second-order valence-corrected chi connectivity index (χ2v) is 3.76. The number of thiocarbonyl (C=S) groups is 1. The van der Waals surface area contributed by atoms with Crippen molar-refractivity contribution in [1.82, 2.24) is 0 Å². The minimum Gasteiger partial charge on any atom is -0.395 e. The summed E-state index contributed by atoms with van der Waals surface area (Å²) in [6.07, 6.45) is 0. The predicted molar refractivity (Wildman–Crippen MR) is 68.7 cm³/mol. The van der Waals surface area contributed by atoms with E-state index in [9.17, 15) is 0 Å². The number of aliphatic hydroxyl groups excluding tert-OH is 2. The lowest BCUT2D eigenvalue weighted by atomic mass is 10.1. The van der Waals surface area contributed by atoms with Crippen molar-refractivity contribution in [3.8, 4) is 0 Å². The van der Waals surface area contributed by atoms with Gasteiger partial charge in [0.05, 0.1) is 13.2 Å². The van der Waals surface area contributed by atoms with Crippen LogP contribution in [0.25, 0.3) is 0 Å². The van der Waals surface area contributed by atoms with Crippen molar-refractivity contribution in [3.63, 3.8) is 0 Å². The Balaban J connectivity index is 3.02. The monoisotopic (exact) mass is 240 g/mol. The highest BCUT2D eigenvalue weighted by Gasteiger charge is 2.11. The van der Waals surface area contributed by atoms with E-state index in [2.05, 4.69) is 0 Å². The van der Waals surface area contributed by atoms with E-state index in [1.54, 1.807) is 0 Å². The molecule has 1 aromatic rings. The highest BCUT2D eigenvalue weighted by atomic mass is 32.1. The van der Waals surface area contributed by atoms with Gasteiger partial charge in [-0.05, 0) is 12.1 Å². The summed E-state index contributed by atoms with van der Waals surface area (Å²) in [4.78, 5) is 2.17. The van der Waals surface area contributed by atoms with Gasteiger partial charge in [0.1, 0.15) is 4.99 Å². The summed E-state index contributed by atoms with van der Waals surface area (Å²) in [5, 5.41) is 17.9. The van der Waals surface area contributed by atoms with Gasteiger partial charge in [0, 0.05) is 24.3 Å². The number of benzene rings is 1. The van der Waals surface area contributed by atoms with Crippen molar-refractivity contribution in [1.29, 1.82) is 0 Å². The fourth-order valence-electron chi connectivity index (χ4n) is 1.55. The van der Waals surface area contributed by atoms with Crippen LogP contribution < -0.4 is 10.6 Å². The third-order valence-corrected chi connectivity index (χ3v) is 2.47. The smallest absolute Gasteiger partial charge is 0.106 e. The molecule has 0 aliphatic heterocycles. The van der Waals surface area contributed by atoms with Crippen molar-refractivity contribution in [2.24, 2.45) is 5.73 Å². The summed E-state index contributed by atoms with van der Waals surface area (Å²) in [5.74, 6) is 0. The first kappa shape index (κ1) is 12.9. The fourth-order valence-corrected chi connectivity index (χ4v) is 1.72. The van der Waals surface area contributed by atoms with E-state index >= 15 is 0 Å². The lowest BCUT2D eigenvalue weighted by molar-refractivity contribution is 0.281. The number of aliphatic hydroxyl groups is 2. The molecule has 0 atom stereocenters. The fraction of sp³-hybridized carbons (Fsp3) is 0.364. The number of nitrogens with two attached hydrogens (primary N) is 1. The molecular formula is C11H16N2O2S. The van der Waals surface area contributed by atoms with E-state index < -0.39 is 0 Å². The van der Waals surface area contributed by atoms with Crippen molar-refractivity contribution in [2.45, 2.75) is 0 Å². The van der Waals surface area contributed by atoms with Crippen LogP contribution in [0.3, 0.4) is 0 Å². The van der Waals surface area contributed by atoms with Crippen LogP contribution >= 0.6 is 12.2 Å². The zero-order chi connectivity index (χ0) is 12.0. The van der Waals surface area contributed by atoms with Gasteiger partial charge >= 0.3 is 0 Å². The molecule has 0 aliphatic rings. The van der Waals surface area contributed by atoms with Crippen molar-refractivity contribution in [2.75, 3.05) is 31.2 Å². The zero-order valence-corrected chi connectivity index (χ0v) is 9.78. The molecule has 0 unspecified atom stereocenters. The summed E-state index contributed by atoms with van der Waals surface area (Å²) >= 11 is 4.96. The van der Waals surface area contributed by atoms with Crippen molar-refractivity contribution < 1.29 is 10.2 Å². The minimum atomic E-state index is 0.0195. The summed E-state index contributed by atoms with van der Waals surface area (Å²) in [7, 11) is 0. The molecule has 0 heterocycles. The number of anilines is 1. The average Bonchev–Trinajstić information content (AvgIpc) is 2.29. The van der Waals surface area contributed by atoms with E-state index in [0.717, 1.165) is 11.3 Å². The Labute approximate surface area is 100 Å². The second-order valence-electron chi connectivity index (χ2n) is 3.32. The first-order valence-corrected chi connectivity index (χ1v) is 5.47. The molecular weight excluding hydrogens is 224 g/mol. The van der Waals surface area contributed by atoms with Gasteiger partial charge in [-0.1, -0.05) is 24.4 Å². The average molecular weight is 240 g/mol. The number of hydrogen-bond donors (Lipinski definition) is 3. The summed E-state index contributed by atoms with van der Waals surface area (Å²) in [6.45, 7) is 0.928. The van der Waals surface area contributed by atoms with Gasteiger partial charge < -0.3 is 20.8 Å². The van der Waals surface area contributed by atoms with Crippen LogP contribution in [0.1, 0.15) is 5.56 Å². The summed E-state index contributed by atoms with van der Waals surface area (Å²) in [5.41, 5.74) is 7.23. The largest absolute Gasteiger partial charge is 0.395 e. The van der Waals surface area contributed by atoms with Gasteiger partial charge in [-0.3, -0.25) is 0 Å². The molecule has 0 aromatic heterocycles. The normalized spacial score (nSPS) is 10.1. The molecule has 88 valence electrons. The SMILES string of the molecule is NC(=S)c1ccccc1N(CCO)CCO. The van der Waals surface area contributed by atoms with Crippen molar-refractivity contribution in [3.05, 3.63) is 29.8 Å². The van der Waals surface area contributed by atoms with Gasteiger partial charge in [-0.25, -0.2) is 0 Å². The Morgan fingerprint density at radius 1 is 1.19 bits per heavy atom. The highest BCUT2D eigenvalue weighted by Crippen LogP contribution is 2.19. The molecule has 0 bridgehead atoms. The quantitative estimate of drug-likeness (QED) is 0.616. The molecule has 0 radical (unpaired) electrons. The van der Waals surface area contributed by atoms with Crippen LogP contribution in [0.5, 0.6) is 0 Å². The molecule has 0 amide bonds. The Morgan fingerprint density at radius 2 is 1.75 bits per heavy atom. The van der Waals surface area contributed by atoms with Gasteiger partial charge in [0.25, 0.3) is 0 Å². The maximum absolute atomic E-state index is 8.97. The first-order valence-electron chi connectivity index (χ1n) is 5.06. The van der Waals surface area contributed by atoms with Gasteiger partial charge in [0.2, 0.25) is 0 Å². The molecule has 0 saturated carbocycles. The highest BCUT2D eigenvalue weighted by molar-refractivity contribution is 7.80. The lowest BCUT2D eigenvalue weighted by Gasteiger charge is -2.25. The van der Waals surface area contributed by atoms with Crippen LogP contribution in [-0.4, -0.2) is 41.5 Å². The Kier molecular flexibility index (Phi) is 5.18. The Bertz CT molecular complexity index is 352. The minimum absolute atomic E-state index is 0.0195. The van der Waals surface area contributed by atoms with Gasteiger partial charge in [-0.15, -0.1) is 0 Å². The van der Waals surface area contributed by atoms with E-state index in [4.69, 9.17) is 28.2 Å². The van der Waals surface area contributed by atoms with E-state index in [1.165, 1.54) is 0 Å². The number of hydrogen-bond acceptors (Lipinski definition) is 4. The molecule has 0 fully saturated rings. The molecule has 4 N–H and O–H groups in total. The predicted octanol–water partition coefficient (Wildman–Crippen LogP) is 0.112.